The lowest BCUT2D eigenvalue weighted by Crippen LogP contribution is -2.18. The Labute approximate surface area is 93.1 Å². The van der Waals surface area contributed by atoms with Crippen molar-refractivity contribution in [3.63, 3.8) is 0 Å². The van der Waals surface area contributed by atoms with Crippen molar-refractivity contribution in [2.24, 2.45) is 0 Å². The lowest BCUT2D eigenvalue weighted by molar-refractivity contribution is 0.0962. The maximum absolute atomic E-state index is 11.4. The number of aromatic nitrogens is 1. The summed E-state index contributed by atoms with van der Waals surface area (Å²) in [7, 11) is 1.54. The zero-order valence-corrected chi connectivity index (χ0v) is 8.86. The first-order valence-electron chi connectivity index (χ1n) is 5.03. The van der Waals surface area contributed by atoms with Gasteiger partial charge in [-0.2, -0.15) is 5.26 Å². The molecular formula is C11H11N3O2. The van der Waals surface area contributed by atoms with Gasteiger partial charge < -0.3 is 10.1 Å². The number of rotatable bonds is 3. The first-order chi connectivity index (χ1) is 7.74. The third-order valence-corrected chi connectivity index (χ3v) is 2.27. The van der Waals surface area contributed by atoms with E-state index in [2.05, 4.69) is 10.3 Å². The Morgan fingerprint density at radius 1 is 1.69 bits per heavy atom. The Hall–Kier alpha value is -2.09. The molecule has 82 valence electrons. The van der Waals surface area contributed by atoms with Gasteiger partial charge in [0.2, 0.25) is 0 Å². The van der Waals surface area contributed by atoms with Gasteiger partial charge >= 0.3 is 0 Å². The molecule has 0 unspecified atom stereocenters. The fourth-order valence-corrected chi connectivity index (χ4v) is 1.25. The summed E-state index contributed by atoms with van der Waals surface area (Å²) < 4.78 is 5.52. The van der Waals surface area contributed by atoms with E-state index in [4.69, 9.17) is 10.00 Å². The molecule has 5 nitrogen and oxygen atoms in total. The van der Waals surface area contributed by atoms with Crippen LogP contribution in [0.2, 0.25) is 0 Å². The molecule has 0 aromatic carbocycles. The van der Waals surface area contributed by atoms with Crippen LogP contribution in [0, 0.1) is 11.3 Å². The number of nitrogens with one attached hydrogen (secondary N) is 1. The van der Waals surface area contributed by atoms with E-state index < -0.39 is 0 Å². The van der Waals surface area contributed by atoms with Crippen molar-refractivity contribution in [2.45, 2.75) is 18.9 Å². The molecule has 1 fully saturated rings. The predicted molar refractivity (Wildman–Crippen MR) is 56.0 cm³/mol. The number of hydrogen-bond donors (Lipinski definition) is 1. The maximum Gasteiger partial charge on any atom is 0.252 e. The monoisotopic (exact) mass is 217 g/mol. The number of amides is 1. The number of hydrogen-bond acceptors (Lipinski definition) is 4. The molecule has 1 aliphatic carbocycles. The van der Waals surface area contributed by atoms with Crippen LogP contribution in [0.3, 0.4) is 0 Å². The molecule has 1 aromatic heterocycles. The average molecular weight is 217 g/mol. The van der Waals surface area contributed by atoms with Crippen molar-refractivity contribution in [1.82, 2.24) is 10.3 Å². The Balaban J connectivity index is 2.30. The molecule has 16 heavy (non-hydrogen) atoms. The van der Waals surface area contributed by atoms with Crippen molar-refractivity contribution in [3.8, 4) is 11.8 Å². The molecule has 1 N–H and O–H groups in total. The number of carbonyl (C=O) groups is 1. The maximum atomic E-state index is 11.4. The third kappa shape index (κ3) is 2.11. The molecule has 1 saturated carbocycles. The van der Waals surface area contributed by atoms with Gasteiger partial charge in [-0.15, -0.1) is 0 Å². The molecule has 0 aliphatic heterocycles. The Morgan fingerprint density at radius 3 is 3.00 bits per heavy atom. The van der Waals surface area contributed by atoms with Gasteiger partial charge in [0.1, 0.15) is 6.07 Å². The van der Waals surface area contributed by atoms with Crippen LogP contribution >= 0.6 is 0 Å². The second-order valence-corrected chi connectivity index (χ2v) is 3.58. The topological polar surface area (TPSA) is 75.0 Å². The van der Waals surface area contributed by atoms with E-state index in [1.165, 1.54) is 6.20 Å². The lowest BCUT2D eigenvalue weighted by Gasteiger charge is -2.07. The van der Waals surface area contributed by atoms with Crippen molar-refractivity contribution in [2.75, 3.05) is 7.05 Å². The highest BCUT2D eigenvalue weighted by atomic mass is 16.5. The number of nitriles is 1. The summed E-state index contributed by atoms with van der Waals surface area (Å²) in [5, 5.41) is 11.3. The standard InChI is InChI=1S/C11H11N3O2/c1-13-11(15)7-4-10(16-8-2-3-8)9(5-12)14-6-7/h4,6,8H,2-3H2,1H3,(H,13,15). The van der Waals surface area contributed by atoms with Crippen molar-refractivity contribution < 1.29 is 9.53 Å². The molecule has 0 spiro atoms. The van der Waals surface area contributed by atoms with E-state index in [1.54, 1.807) is 13.1 Å². The fourth-order valence-electron chi connectivity index (χ4n) is 1.25. The molecule has 0 saturated heterocycles. The molecule has 1 amide bonds. The number of pyridine rings is 1. The smallest absolute Gasteiger partial charge is 0.252 e. The summed E-state index contributed by atoms with van der Waals surface area (Å²) in [4.78, 5) is 15.3. The van der Waals surface area contributed by atoms with E-state index in [0.29, 0.717) is 11.3 Å². The predicted octanol–water partition coefficient (Wildman–Crippen LogP) is 0.854. The van der Waals surface area contributed by atoms with Crippen LogP contribution in [0.15, 0.2) is 12.3 Å². The van der Waals surface area contributed by atoms with Crippen molar-refractivity contribution >= 4 is 5.91 Å². The van der Waals surface area contributed by atoms with Crippen LogP contribution in [-0.4, -0.2) is 24.0 Å². The van der Waals surface area contributed by atoms with Gasteiger partial charge in [0.25, 0.3) is 5.91 Å². The highest BCUT2D eigenvalue weighted by Gasteiger charge is 2.25. The lowest BCUT2D eigenvalue weighted by atomic mass is 10.2. The SMILES string of the molecule is CNC(=O)c1cnc(C#N)c(OC2CC2)c1. The molecule has 1 aromatic rings. The highest BCUT2D eigenvalue weighted by Crippen LogP contribution is 2.28. The molecule has 0 radical (unpaired) electrons. The molecule has 0 bridgehead atoms. The molecular weight excluding hydrogens is 206 g/mol. The average Bonchev–Trinajstić information content (AvgIpc) is 3.12. The summed E-state index contributed by atoms with van der Waals surface area (Å²) in [6, 6.07) is 3.50. The minimum absolute atomic E-state index is 0.175. The number of nitrogens with zero attached hydrogens (tertiary/aromatic N) is 2. The summed E-state index contributed by atoms with van der Waals surface area (Å²) in [5.41, 5.74) is 0.622. The number of ether oxygens (including phenoxy) is 1. The normalized spacial score (nSPS) is 14.0. The van der Waals surface area contributed by atoms with Crippen molar-refractivity contribution in [1.29, 1.82) is 5.26 Å². The van der Waals surface area contributed by atoms with Gasteiger partial charge in [0, 0.05) is 13.2 Å². The van der Waals surface area contributed by atoms with E-state index in [9.17, 15) is 4.79 Å². The summed E-state index contributed by atoms with van der Waals surface area (Å²) >= 11 is 0. The van der Waals surface area contributed by atoms with Crippen LogP contribution in [0.5, 0.6) is 5.75 Å². The summed E-state index contributed by atoms with van der Waals surface area (Å²) in [6.45, 7) is 0. The zero-order chi connectivity index (χ0) is 11.5. The van der Waals surface area contributed by atoms with Gasteiger partial charge in [-0.05, 0) is 18.9 Å². The van der Waals surface area contributed by atoms with E-state index in [1.807, 2.05) is 6.07 Å². The Kier molecular flexibility index (Phi) is 2.73. The highest BCUT2D eigenvalue weighted by molar-refractivity contribution is 5.94. The molecule has 1 aliphatic rings. The van der Waals surface area contributed by atoms with E-state index >= 15 is 0 Å². The van der Waals surface area contributed by atoms with Gasteiger partial charge in [-0.3, -0.25) is 4.79 Å². The van der Waals surface area contributed by atoms with Gasteiger partial charge in [-0.25, -0.2) is 4.98 Å². The van der Waals surface area contributed by atoms with Crippen molar-refractivity contribution in [3.05, 3.63) is 23.5 Å². The first kappa shape index (κ1) is 10.4. The molecule has 0 atom stereocenters. The largest absolute Gasteiger partial charge is 0.487 e. The van der Waals surface area contributed by atoms with Crippen LogP contribution in [0.4, 0.5) is 0 Å². The summed E-state index contributed by atoms with van der Waals surface area (Å²) in [5.74, 6) is 0.156. The quantitative estimate of drug-likeness (QED) is 0.814. The Morgan fingerprint density at radius 2 is 2.44 bits per heavy atom. The van der Waals surface area contributed by atoms with Gasteiger partial charge in [0.15, 0.2) is 11.4 Å². The van der Waals surface area contributed by atoms with Gasteiger partial charge in [0.05, 0.1) is 11.7 Å². The third-order valence-electron chi connectivity index (χ3n) is 2.27. The molecule has 1 heterocycles. The van der Waals surface area contributed by atoms with Gasteiger partial charge in [-0.1, -0.05) is 0 Å². The zero-order valence-electron chi connectivity index (χ0n) is 8.86. The van der Waals surface area contributed by atoms with Crippen LogP contribution < -0.4 is 10.1 Å². The van der Waals surface area contributed by atoms with E-state index in [-0.39, 0.29) is 17.7 Å². The molecule has 5 heteroatoms. The van der Waals surface area contributed by atoms with Crippen LogP contribution in [-0.2, 0) is 0 Å². The van der Waals surface area contributed by atoms with E-state index in [0.717, 1.165) is 12.8 Å². The Bertz CT molecular complexity index is 461. The second kappa shape index (κ2) is 4.19. The van der Waals surface area contributed by atoms with Crippen LogP contribution in [0.25, 0.3) is 0 Å². The fraction of sp³-hybridized carbons (Fsp3) is 0.364. The second-order valence-electron chi connectivity index (χ2n) is 3.58. The summed E-state index contributed by atoms with van der Waals surface area (Å²) in [6.07, 6.45) is 3.54. The molecule has 2 rings (SSSR count). The minimum Gasteiger partial charge on any atom is -0.487 e. The minimum atomic E-state index is -0.238. The number of carbonyl (C=O) groups excluding carboxylic acids is 1. The van der Waals surface area contributed by atoms with Crippen LogP contribution in [0.1, 0.15) is 28.9 Å². The first-order valence-corrected chi connectivity index (χ1v) is 5.03.